The third kappa shape index (κ3) is 6.21. The summed E-state index contributed by atoms with van der Waals surface area (Å²) in [6, 6.07) is 59.9. The lowest BCUT2D eigenvalue weighted by Gasteiger charge is -2.43. The number of hydrogen-bond donors (Lipinski definition) is 0. The van der Waals surface area contributed by atoms with Crippen molar-refractivity contribution >= 4 is 25.2 Å². The molecule has 65 heavy (non-hydrogen) atoms. The molecule has 0 unspecified atom stereocenters. The minimum Gasteiger partial charge on any atom is -0.399 e. The normalized spacial score (nSPS) is 19.9. The highest BCUT2D eigenvalue weighted by Gasteiger charge is 2.54. The molecule has 0 bridgehead atoms. The molecule has 0 saturated carbocycles. The summed E-state index contributed by atoms with van der Waals surface area (Å²) in [5.41, 5.74) is 16.9. The average molecular weight is 853 g/mol. The van der Waals surface area contributed by atoms with Gasteiger partial charge in [0.25, 0.3) is 0 Å². The van der Waals surface area contributed by atoms with Crippen LogP contribution in [0.25, 0.3) is 22.3 Å². The monoisotopic (exact) mass is 852 g/mol. The van der Waals surface area contributed by atoms with Gasteiger partial charge in [0.2, 0.25) is 0 Å². The summed E-state index contributed by atoms with van der Waals surface area (Å²) in [4.78, 5) is 0. The molecule has 4 nitrogen and oxygen atoms in total. The minimum absolute atomic E-state index is 0.435. The number of fused-ring (bicyclic) bond motifs is 6. The first-order chi connectivity index (χ1) is 30.9. The molecule has 6 heteroatoms. The maximum absolute atomic E-state index is 6.58. The second-order valence-electron chi connectivity index (χ2n) is 21.1. The molecule has 0 N–H and O–H groups in total. The Morgan fingerprint density at radius 1 is 0.369 bits per heavy atom. The Hall–Kier alpha value is -5.49. The highest BCUT2D eigenvalue weighted by atomic mass is 16.7. The van der Waals surface area contributed by atoms with E-state index in [1.165, 1.54) is 77.9 Å². The van der Waals surface area contributed by atoms with Crippen LogP contribution in [0.4, 0.5) is 0 Å². The van der Waals surface area contributed by atoms with Crippen molar-refractivity contribution in [1.29, 1.82) is 0 Å². The van der Waals surface area contributed by atoms with Gasteiger partial charge in [-0.3, -0.25) is 0 Å². The predicted molar refractivity (Wildman–Crippen MR) is 267 cm³/mol. The molecule has 324 valence electrons. The zero-order chi connectivity index (χ0) is 45.3. The van der Waals surface area contributed by atoms with E-state index in [2.05, 4.69) is 227 Å². The fourth-order valence-corrected chi connectivity index (χ4v) is 11.1. The van der Waals surface area contributed by atoms with E-state index in [1.807, 2.05) is 0 Å². The molecule has 2 fully saturated rings. The average Bonchev–Trinajstić information content (AvgIpc) is 3.80. The molecule has 4 aliphatic rings. The Bertz CT molecular complexity index is 2830. The van der Waals surface area contributed by atoms with Crippen LogP contribution in [0.5, 0.6) is 0 Å². The van der Waals surface area contributed by atoms with Crippen LogP contribution in [-0.4, -0.2) is 36.6 Å². The minimum atomic E-state index is -0.674. The molecular formula is C59H58B2O4. The van der Waals surface area contributed by atoms with Crippen molar-refractivity contribution in [2.45, 2.75) is 109 Å². The van der Waals surface area contributed by atoms with Crippen molar-refractivity contribution in [2.75, 3.05) is 0 Å². The van der Waals surface area contributed by atoms with Gasteiger partial charge in [0.15, 0.2) is 0 Å². The lowest BCUT2D eigenvalue weighted by molar-refractivity contribution is 0.00578. The van der Waals surface area contributed by atoms with Crippen LogP contribution in [0.3, 0.4) is 0 Å². The first-order valence-corrected chi connectivity index (χ1v) is 23.4. The second-order valence-corrected chi connectivity index (χ2v) is 21.1. The van der Waals surface area contributed by atoms with Crippen molar-refractivity contribution in [3.63, 3.8) is 0 Å². The standard InChI is InChI=1S/C59H58B2O4/c1-38-19-23-41(24-20-38)58(42-25-21-39(2)22-26-42)37-40-15-11-12-16-47(40)49-36-53-50(35-52(49)58)48-17-13-14-18-51(48)59(53,43-27-31-45(32-28-43)60-62-54(3,4)55(5,6)63-60)44-29-33-46(34-30-44)61-64-56(7,8)57(9,10)65-61/h11-36H,37H2,1-10H3. The molecule has 2 aliphatic carbocycles. The van der Waals surface area contributed by atoms with Gasteiger partial charge in [-0.25, -0.2) is 0 Å². The van der Waals surface area contributed by atoms with Crippen LogP contribution in [0.15, 0.2) is 158 Å². The SMILES string of the molecule is Cc1ccc(C2(c3ccc(C)cc3)Cc3ccccc3-c3cc4c(cc32)-c2ccccc2C4(c2ccc(B3OC(C)(C)C(C)(C)O3)cc2)c2ccc(B3OC(C)(C)C(C)(C)O3)cc2)cc1. The van der Waals surface area contributed by atoms with E-state index >= 15 is 0 Å². The Balaban J connectivity index is 1.18. The van der Waals surface area contributed by atoms with Gasteiger partial charge in [-0.1, -0.05) is 157 Å². The van der Waals surface area contributed by atoms with E-state index < -0.39 is 47.5 Å². The summed E-state index contributed by atoms with van der Waals surface area (Å²) >= 11 is 0. The maximum atomic E-state index is 6.58. The maximum Gasteiger partial charge on any atom is 0.494 e. The summed E-state index contributed by atoms with van der Waals surface area (Å²) < 4.78 is 26.3. The van der Waals surface area contributed by atoms with Gasteiger partial charge in [-0.15, -0.1) is 0 Å². The van der Waals surface area contributed by atoms with Crippen molar-refractivity contribution in [3.05, 3.63) is 213 Å². The third-order valence-electron chi connectivity index (χ3n) is 16.2. The highest BCUT2D eigenvalue weighted by molar-refractivity contribution is 6.62. The summed E-state index contributed by atoms with van der Waals surface area (Å²) in [5.74, 6) is 0. The molecule has 0 atom stereocenters. The summed E-state index contributed by atoms with van der Waals surface area (Å²) in [6.07, 6.45) is 0.856. The van der Waals surface area contributed by atoms with Gasteiger partial charge in [0.05, 0.1) is 27.8 Å². The topological polar surface area (TPSA) is 36.9 Å². The predicted octanol–water partition coefficient (Wildman–Crippen LogP) is 11.8. The van der Waals surface area contributed by atoms with Gasteiger partial charge in [-0.05, 0) is 165 Å². The molecule has 2 aliphatic heterocycles. The first kappa shape index (κ1) is 42.2. The summed E-state index contributed by atoms with van der Waals surface area (Å²) in [5, 5.41) is 0. The smallest absolute Gasteiger partial charge is 0.399 e. The molecule has 7 aromatic carbocycles. The fourth-order valence-electron chi connectivity index (χ4n) is 11.1. The third-order valence-corrected chi connectivity index (χ3v) is 16.2. The summed E-state index contributed by atoms with van der Waals surface area (Å²) in [7, 11) is -0.930. The van der Waals surface area contributed by atoms with E-state index in [1.54, 1.807) is 0 Å². The van der Waals surface area contributed by atoms with Crippen LogP contribution in [0, 0.1) is 13.8 Å². The quantitative estimate of drug-likeness (QED) is 0.156. The Morgan fingerprint density at radius 2 is 0.754 bits per heavy atom. The van der Waals surface area contributed by atoms with Crippen molar-refractivity contribution in [2.24, 2.45) is 0 Å². The molecule has 0 radical (unpaired) electrons. The van der Waals surface area contributed by atoms with Crippen molar-refractivity contribution in [3.8, 4) is 22.3 Å². The lowest BCUT2D eigenvalue weighted by atomic mass is 9.59. The number of aryl methyl sites for hydroxylation is 2. The lowest BCUT2D eigenvalue weighted by Crippen LogP contribution is -2.41. The zero-order valence-corrected chi connectivity index (χ0v) is 39.5. The first-order valence-electron chi connectivity index (χ1n) is 23.4. The Morgan fingerprint density at radius 3 is 1.23 bits per heavy atom. The zero-order valence-electron chi connectivity index (χ0n) is 39.5. The fraction of sp³-hybridized carbons (Fsp3) is 0.288. The Kier molecular flexibility index (Phi) is 9.41. The van der Waals surface area contributed by atoms with E-state index in [4.69, 9.17) is 18.6 Å². The van der Waals surface area contributed by atoms with Crippen LogP contribution in [-0.2, 0) is 35.9 Å². The van der Waals surface area contributed by atoms with E-state index in [0.29, 0.717) is 0 Å². The van der Waals surface area contributed by atoms with Crippen molar-refractivity contribution < 1.29 is 18.6 Å². The van der Waals surface area contributed by atoms with E-state index in [9.17, 15) is 0 Å². The van der Waals surface area contributed by atoms with Gasteiger partial charge in [-0.2, -0.15) is 0 Å². The largest absolute Gasteiger partial charge is 0.494 e. The van der Waals surface area contributed by atoms with Gasteiger partial charge >= 0.3 is 14.2 Å². The van der Waals surface area contributed by atoms with Crippen LogP contribution in [0.2, 0.25) is 0 Å². The molecule has 7 aromatic rings. The number of rotatable bonds is 6. The molecule has 2 saturated heterocycles. The highest BCUT2D eigenvalue weighted by Crippen LogP contribution is 2.60. The van der Waals surface area contributed by atoms with E-state index in [-0.39, 0.29) is 0 Å². The number of hydrogen-bond acceptors (Lipinski definition) is 4. The summed E-state index contributed by atoms with van der Waals surface area (Å²) in [6.45, 7) is 21.3. The molecule has 11 rings (SSSR count). The van der Waals surface area contributed by atoms with Crippen LogP contribution in [0.1, 0.15) is 111 Å². The molecule has 0 amide bonds. The van der Waals surface area contributed by atoms with Gasteiger partial charge in [0.1, 0.15) is 0 Å². The molecular weight excluding hydrogens is 794 g/mol. The molecule has 0 spiro atoms. The number of benzene rings is 7. The molecule has 0 aromatic heterocycles. The van der Waals surface area contributed by atoms with Crippen LogP contribution < -0.4 is 10.9 Å². The van der Waals surface area contributed by atoms with Crippen LogP contribution >= 0.6 is 0 Å². The van der Waals surface area contributed by atoms with Gasteiger partial charge < -0.3 is 18.6 Å². The molecule has 2 heterocycles. The van der Waals surface area contributed by atoms with Gasteiger partial charge in [0, 0.05) is 5.41 Å². The Labute approximate surface area is 386 Å². The second kappa shape index (κ2) is 14.5. The van der Waals surface area contributed by atoms with Crippen molar-refractivity contribution in [1.82, 2.24) is 0 Å². The van der Waals surface area contributed by atoms with E-state index in [0.717, 1.165) is 17.3 Å².